The Labute approximate surface area is 172 Å². The van der Waals surface area contributed by atoms with E-state index in [1.165, 1.54) is 13.8 Å². The lowest BCUT2D eigenvalue weighted by Crippen LogP contribution is -2.34. The first-order valence-electron chi connectivity index (χ1n) is 8.56. The van der Waals surface area contributed by atoms with Crippen molar-refractivity contribution in [1.82, 2.24) is 0 Å². The van der Waals surface area contributed by atoms with Gasteiger partial charge in [0, 0.05) is 12.8 Å². The molecule has 0 aliphatic heterocycles. The standard InChI is InChI=1S/C16H22F2N4O7S/c1-4-28-12(23)5-7-14(2,9-19)21-22-15(3,10-20)8-6-13(24)29-11-16(17,18)30(25,26)27/h4-8,11H2,1-3H3,(H,25,26,27). The molecule has 1 N–H and O–H groups in total. The number of rotatable bonds is 12. The van der Waals surface area contributed by atoms with Crippen LogP contribution in [-0.4, -0.2) is 54.5 Å². The third-order valence-corrected chi connectivity index (χ3v) is 4.56. The summed E-state index contributed by atoms with van der Waals surface area (Å²) in [5.74, 6) is -1.80. The minimum absolute atomic E-state index is 0.0416. The van der Waals surface area contributed by atoms with Crippen molar-refractivity contribution in [3.05, 3.63) is 0 Å². The number of alkyl halides is 2. The Bertz CT molecular complexity index is 851. The van der Waals surface area contributed by atoms with Crippen molar-refractivity contribution in [1.29, 1.82) is 10.5 Å². The lowest BCUT2D eigenvalue weighted by molar-refractivity contribution is -0.150. The average Bonchev–Trinajstić information content (AvgIpc) is 2.67. The van der Waals surface area contributed by atoms with Gasteiger partial charge in [-0.05, 0) is 33.6 Å². The predicted molar refractivity (Wildman–Crippen MR) is 95.4 cm³/mol. The number of halogens is 2. The molecule has 0 fully saturated rings. The smallest absolute Gasteiger partial charge is 0.402 e. The predicted octanol–water partition coefficient (Wildman–Crippen LogP) is 2.15. The molecule has 0 saturated heterocycles. The summed E-state index contributed by atoms with van der Waals surface area (Å²) in [5, 5.41) is 21.4. The highest BCUT2D eigenvalue weighted by Gasteiger charge is 2.45. The van der Waals surface area contributed by atoms with Gasteiger partial charge < -0.3 is 9.47 Å². The third kappa shape index (κ3) is 9.19. The van der Waals surface area contributed by atoms with Gasteiger partial charge >= 0.3 is 27.3 Å². The van der Waals surface area contributed by atoms with E-state index in [-0.39, 0.29) is 25.9 Å². The number of hydrogen-bond acceptors (Lipinski definition) is 10. The zero-order valence-electron chi connectivity index (χ0n) is 16.6. The van der Waals surface area contributed by atoms with Crippen LogP contribution >= 0.6 is 0 Å². The zero-order valence-corrected chi connectivity index (χ0v) is 17.4. The van der Waals surface area contributed by atoms with Gasteiger partial charge in [0.05, 0.1) is 18.7 Å². The Balaban J connectivity index is 4.96. The van der Waals surface area contributed by atoms with E-state index in [9.17, 15) is 37.3 Å². The van der Waals surface area contributed by atoms with Crippen molar-refractivity contribution in [2.45, 2.75) is 62.8 Å². The minimum atomic E-state index is -5.75. The summed E-state index contributed by atoms with van der Waals surface area (Å²) >= 11 is 0. The van der Waals surface area contributed by atoms with Gasteiger partial charge in [0.25, 0.3) is 0 Å². The molecule has 2 unspecified atom stereocenters. The van der Waals surface area contributed by atoms with Crippen LogP contribution in [0.15, 0.2) is 10.2 Å². The van der Waals surface area contributed by atoms with E-state index < -0.39 is 51.4 Å². The third-order valence-electron chi connectivity index (χ3n) is 3.69. The number of carbonyl (C=O) groups is 2. The monoisotopic (exact) mass is 452 g/mol. The number of nitrogens with zero attached hydrogens (tertiary/aromatic N) is 4. The minimum Gasteiger partial charge on any atom is -0.466 e. The first kappa shape index (κ1) is 27.3. The SMILES string of the molecule is CCOC(=O)CCC(C)(C#N)N=NC(C)(C#N)CCC(=O)OCC(F)(F)S(=O)(=O)O. The van der Waals surface area contributed by atoms with Gasteiger partial charge in [0.2, 0.25) is 0 Å². The first-order chi connectivity index (χ1) is 13.6. The van der Waals surface area contributed by atoms with Gasteiger partial charge in [-0.25, -0.2) is 0 Å². The Morgan fingerprint density at radius 3 is 1.73 bits per heavy atom. The summed E-state index contributed by atoms with van der Waals surface area (Å²) in [6.07, 6.45) is -1.10. The molecule has 0 aromatic rings. The molecule has 0 radical (unpaired) electrons. The molecule has 0 aromatic heterocycles. The summed E-state index contributed by atoms with van der Waals surface area (Å²) in [4.78, 5) is 23.0. The highest BCUT2D eigenvalue weighted by molar-refractivity contribution is 7.86. The number of carbonyl (C=O) groups excluding carboxylic acids is 2. The van der Waals surface area contributed by atoms with Crippen LogP contribution < -0.4 is 0 Å². The second-order valence-electron chi connectivity index (χ2n) is 6.55. The van der Waals surface area contributed by atoms with Crippen molar-refractivity contribution >= 4 is 22.1 Å². The van der Waals surface area contributed by atoms with E-state index in [1.54, 1.807) is 13.0 Å². The van der Waals surface area contributed by atoms with E-state index >= 15 is 0 Å². The molecule has 0 aromatic carbocycles. The van der Waals surface area contributed by atoms with Gasteiger partial charge in [0.15, 0.2) is 17.7 Å². The fourth-order valence-electron chi connectivity index (χ4n) is 1.71. The van der Waals surface area contributed by atoms with E-state index in [4.69, 9.17) is 9.29 Å². The van der Waals surface area contributed by atoms with E-state index in [2.05, 4.69) is 15.0 Å². The maximum absolute atomic E-state index is 13.0. The molecular formula is C16H22F2N4O7S. The highest BCUT2D eigenvalue weighted by Crippen LogP contribution is 2.25. The molecule has 0 aliphatic rings. The van der Waals surface area contributed by atoms with Crippen LogP contribution in [0.25, 0.3) is 0 Å². The molecule has 168 valence electrons. The maximum atomic E-state index is 13.0. The molecule has 0 aliphatic carbocycles. The summed E-state index contributed by atoms with van der Waals surface area (Å²) < 4.78 is 64.2. The Kier molecular flexibility index (Phi) is 9.91. The van der Waals surface area contributed by atoms with Crippen LogP contribution in [0.3, 0.4) is 0 Å². The molecule has 11 nitrogen and oxygen atoms in total. The summed E-state index contributed by atoms with van der Waals surface area (Å²) in [6.45, 7) is 2.53. The number of nitriles is 2. The summed E-state index contributed by atoms with van der Waals surface area (Å²) in [7, 11) is -5.75. The van der Waals surface area contributed by atoms with Crippen LogP contribution in [0.1, 0.15) is 46.5 Å². The molecule has 0 bridgehead atoms. The molecule has 0 amide bonds. The van der Waals surface area contributed by atoms with Gasteiger partial charge in [-0.15, -0.1) is 0 Å². The van der Waals surface area contributed by atoms with Gasteiger partial charge in [-0.2, -0.15) is 38.0 Å². The maximum Gasteiger partial charge on any atom is 0.402 e. The normalized spacial score (nSPS) is 16.0. The second kappa shape index (κ2) is 10.9. The Morgan fingerprint density at radius 2 is 1.40 bits per heavy atom. The quantitative estimate of drug-likeness (QED) is 0.264. The molecule has 30 heavy (non-hydrogen) atoms. The molecule has 0 spiro atoms. The van der Waals surface area contributed by atoms with Crippen molar-refractivity contribution in [2.75, 3.05) is 13.2 Å². The van der Waals surface area contributed by atoms with Crippen molar-refractivity contribution < 1.29 is 40.8 Å². The van der Waals surface area contributed by atoms with E-state index in [0.29, 0.717) is 0 Å². The molecular weight excluding hydrogens is 430 g/mol. The molecule has 14 heteroatoms. The largest absolute Gasteiger partial charge is 0.466 e. The summed E-state index contributed by atoms with van der Waals surface area (Å²) in [5.41, 5.74) is -3.09. The van der Waals surface area contributed by atoms with Gasteiger partial charge in [0.1, 0.15) is 0 Å². The molecule has 0 saturated carbocycles. The second-order valence-corrected chi connectivity index (χ2v) is 8.10. The number of esters is 2. The van der Waals surface area contributed by atoms with Crippen molar-refractivity contribution in [3.63, 3.8) is 0 Å². The lowest BCUT2D eigenvalue weighted by atomic mass is 9.97. The number of azo groups is 1. The average molecular weight is 452 g/mol. The topological polar surface area (TPSA) is 179 Å². The summed E-state index contributed by atoms with van der Waals surface area (Å²) in [6, 6.07) is 3.61. The first-order valence-corrected chi connectivity index (χ1v) is 10.0. The van der Waals surface area contributed by atoms with Gasteiger partial charge in [-0.3, -0.25) is 14.1 Å². The van der Waals surface area contributed by atoms with E-state index in [0.717, 1.165) is 0 Å². The fourth-order valence-corrected chi connectivity index (χ4v) is 1.92. The highest BCUT2D eigenvalue weighted by atomic mass is 32.2. The molecule has 0 heterocycles. The van der Waals surface area contributed by atoms with Crippen LogP contribution in [0, 0.1) is 22.7 Å². The fraction of sp³-hybridized carbons (Fsp3) is 0.750. The Morgan fingerprint density at radius 1 is 1.00 bits per heavy atom. The van der Waals surface area contributed by atoms with Crippen molar-refractivity contribution in [2.24, 2.45) is 10.2 Å². The Hall–Kier alpha value is -2.71. The van der Waals surface area contributed by atoms with Crippen LogP contribution in [0.2, 0.25) is 0 Å². The lowest BCUT2D eigenvalue weighted by Gasteiger charge is -2.19. The van der Waals surface area contributed by atoms with Crippen molar-refractivity contribution in [3.8, 4) is 12.1 Å². The van der Waals surface area contributed by atoms with E-state index in [1.807, 2.05) is 6.07 Å². The molecule has 2 atom stereocenters. The van der Waals surface area contributed by atoms with Crippen LogP contribution in [-0.2, 0) is 29.2 Å². The number of hydrogen-bond donors (Lipinski definition) is 1. The van der Waals surface area contributed by atoms with Gasteiger partial charge in [-0.1, -0.05) is 0 Å². The zero-order chi connectivity index (χ0) is 23.6. The van der Waals surface area contributed by atoms with Crippen LogP contribution in [0.5, 0.6) is 0 Å². The number of ether oxygens (including phenoxy) is 2. The molecule has 0 rings (SSSR count). The van der Waals surface area contributed by atoms with Crippen LogP contribution in [0.4, 0.5) is 8.78 Å².